The molecule has 0 radical (unpaired) electrons. The summed E-state index contributed by atoms with van der Waals surface area (Å²) in [5, 5.41) is 7.27. The highest BCUT2D eigenvalue weighted by Gasteiger charge is 2.31. The highest BCUT2D eigenvalue weighted by Crippen LogP contribution is 2.40. The molecule has 2 fully saturated rings. The number of anilines is 1. The maximum absolute atomic E-state index is 14.2. The van der Waals surface area contributed by atoms with Crippen LogP contribution in [-0.4, -0.2) is 53.4 Å². The number of carbonyl (C=O) groups excluding carboxylic acids is 1. The zero-order valence-electron chi connectivity index (χ0n) is 18.0. The highest BCUT2D eigenvalue weighted by molar-refractivity contribution is 6.00. The van der Waals surface area contributed by atoms with Crippen LogP contribution < -0.4 is 15.0 Å². The summed E-state index contributed by atoms with van der Waals surface area (Å²) in [7, 11) is 1.62. The number of benzene rings is 1. The molecule has 8 nitrogen and oxygen atoms in total. The van der Waals surface area contributed by atoms with Crippen LogP contribution in [0.25, 0.3) is 5.65 Å². The van der Waals surface area contributed by atoms with Crippen LogP contribution >= 0.6 is 0 Å². The van der Waals surface area contributed by atoms with E-state index in [9.17, 15) is 9.18 Å². The number of hydrogen-bond acceptors (Lipinski definition) is 6. The molecule has 1 amide bonds. The first-order valence-electron chi connectivity index (χ1n) is 11.0. The molecule has 3 aromatic rings. The molecule has 32 heavy (non-hydrogen) atoms. The lowest BCUT2D eigenvalue weighted by Gasteiger charge is -2.27. The summed E-state index contributed by atoms with van der Waals surface area (Å²) in [6, 6.07) is 6.68. The summed E-state index contributed by atoms with van der Waals surface area (Å²) in [5.74, 6) is 0.927. The third-order valence-electron chi connectivity index (χ3n) is 5.93. The zero-order chi connectivity index (χ0) is 22.1. The van der Waals surface area contributed by atoms with E-state index in [2.05, 4.69) is 15.3 Å². The fourth-order valence-corrected chi connectivity index (χ4v) is 4.18. The van der Waals surface area contributed by atoms with E-state index >= 15 is 0 Å². The number of rotatable bonds is 8. The molecule has 2 aliphatic rings. The number of hydrogen-bond donors (Lipinski definition) is 1. The van der Waals surface area contributed by atoms with Crippen molar-refractivity contribution in [2.45, 2.75) is 37.8 Å². The molecule has 168 valence electrons. The minimum Gasteiger partial charge on any atom is -0.491 e. The second-order valence-electron chi connectivity index (χ2n) is 8.23. The molecule has 2 aromatic heterocycles. The summed E-state index contributed by atoms with van der Waals surface area (Å²) < 4.78 is 26.7. The summed E-state index contributed by atoms with van der Waals surface area (Å²) >= 11 is 0. The van der Waals surface area contributed by atoms with Crippen LogP contribution in [0.3, 0.4) is 0 Å². The number of nitrogens with zero attached hydrogens (tertiary/aromatic N) is 4. The Hall–Kier alpha value is -3.20. The van der Waals surface area contributed by atoms with E-state index in [1.54, 1.807) is 23.9 Å². The van der Waals surface area contributed by atoms with Crippen molar-refractivity contribution >= 4 is 17.4 Å². The van der Waals surface area contributed by atoms with Gasteiger partial charge >= 0.3 is 0 Å². The van der Waals surface area contributed by atoms with Crippen molar-refractivity contribution in [2.75, 3.05) is 31.8 Å². The SMILES string of the molecule is COCCOc1ccc(F)cc1[C@H]1CCCN1c1ccn2ncc(C(=O)NC3CC3)c2n1. The van der Waals surface area contributed by atoms with E-state index < -0.39 is 0 Å². The van der Waals surface area contributed by atoms with Gasteiger partial charge in [0.25, 0.3) is 5.91 Å². The van der Waals surface area contributed by atoms with E-state index in [0.29, 0.717) is 30.2 Å². The van der Waals surface area contributed by atoms with Gasteiger partial charge in [0, 0.05) is 31.5 Å². The molecule has 1 saturated carbocycles. The lowest BCUT2D eigenvalue weighted by Crippen LogP contribution is -2.26. The predicted molar refractivity (Wildman–Crippen MR) is 117 cm³/mol. The number of nitrogens with one attached hydrogen (secondary N) is 1. The molecule has 1 aliphatic carbocycles. The van der Waals surface area contributed by atoms with Crippen molar-refractivity contribution in [1.82, 2.24) is 19.9 Å². The first-order valence-corrected chi connectivity index (χ1v) is 11.0. The topological polar surface area (TPSA) is 81.0 Å². The Balaban J connectivity index is 1.45. The van der Waals surface area contributed by atoms with Crippen LogP contribution in [0.1, 0.15) is 47.6 Å². The first-order chi connectivity index (χ1) is 15.6. The molecular weight excluding hydrogens is 413 g/mol. The Morgan fingerprint density at radius 1 is 1.25 bits per heavy atom. The minimum absolute atomic E-state index is 0.0788. The highest BCUT2D eigenvalue weighted by atomic mass is 19.1. The summed E-state index contributed by atoms with van der Waals surface area (Å²) in [5.41, 5.74) is 1.77. The maximum atomic E-state index is 14.2. The Morgan fingerprint density at radius 2 is 2.12 bits per heavy atom. The standard InChI is InChI=1S/C23H26FN5O3/c1-31-11-12-32-20-7-4-15(24)13-17(20)19-3-2-9-28(19)21-8-10-29-22(27-21)18(14-25-29)23(30)26-16-5-6-16/h4,7-8,10,13-14,16,19H,2-3,5-6,9,11-12H2,1H3,(H,26,30)/t19-/m1/s1. The van der Waals surface area contributed by atoms with E-state index in [-0.39, 0.29) is 23.8 Å². The second-order valence-corrected chi connectivity index (χ2v) is 8.23. The van der Waals surface area contributed by atoms with Crippen molar-refractivity contribution < 1.29 is 18.7 Å². The average molecular weight is 439 g/mol. The smallest absolute Gasteiger partial charge is 0.256 e. The van der Waals surface area contributed by atoms with Gasteiger partial charge in [-0.1, -0.05) is 0 Å². The minimum atomic E-state index is -0.302. The normalized spacial score (nSPS) is 18.3. The van der Waals surface area contributed by atoms with E-state index in [1.807, 2.05) is 12.3 Å². The lowest BCUT2D eigenvalue weighted by molar-refractivity contribution is 0.0952. The molecule has 1 aromatic carbocycles. The third-order valence-corrected chi connectivity index (χ3v) is 5.93. The van der Waals surface area contributed by atoms with Crippen LogP contribution in [0.4, 0.5) is 10.2 Å². The lowest BCUT2D eigenvalue weighted by atomic mass is 10.0. The number of aromatic nitrogens is 3. The maximum Gasteiger partial charge on any atom is 0.256 e. The summed E-state index contributed by atoms with van der Waals surface area (Å²) in [4.78, 5) is 19.5. The van der Waals surface area contributed by atoms with E-state index in [1.165, 1.54) is 12.1 Å². The molecule has 1 aliphatic heterocycles. The van der Waals surface area contributed by atoms with Gasteiger partial charge in [-0.05, 0) is 49.9 Å². The molecule has 0 spiro atoms. The van der Waals surface area contributed by atoms with Gasteiger partial charge in [-0.15, -0.1) is 0 Å². The van der Waals surface area contributed by atoms with Crippen LogP contribution in [0.5, 0.6) is 5.75 Å². The van der Waals surface area contributed by atoms with Gasteiger partial charge in [0.15, 0.2) is 5.65 Å². The molecule has 5 rings (SSSR count). The van der Waals surface area contributed by atoms with Gasteiger partial charge in [-0.2, -0.15) is 5.10 Å². The largest absolute Gasteiger partial charge is 0.491 e. The van der Waals surface area contributed by atoms with Crippen LogP contribution in [-0.2, 0) is 4.74 Å². The molecule has 1 N–H and O–H groups in total. The first kappa shape index (κ1) is 20.7. The van der Waals surface area contributed by atoms with Crippen LogP contribution in [0, 0.1) is 5.82 Å². The number of methoxy groups -OCH3 is 1. The van der Waals surface area contributed by atoms with Gasteiger partial charge in [0.05, 0.1) is 18.8 Å². The molecule has 0 unspecified atom stereocenters. The van der Waals surface area contributed by atoms with Gasteiger partial charge < -0.3 is 19.7 Å². The Kier molecular flexibility index (Phi) is 5.65. The quantitative estimate of drug-likeness (QED) is 0.543. The van der Waals surface area contributed by atoms with Crippen molar-refractivity contribution in [3.05, 3.63) is 53.6 Å². The number of ether oxygens (including phenoxy) is 2. The van der Waals surface area contributed by atoms with E-state index in [4.69, 9.17) is 14.5 Å². The fraction of sp³-hybridized carbons (Fsp3) is 0.435. The van der Waals surface area contributed by atoms with E-state index in [0.717, 1.165) is 43.6 Å². The van der Waals surface area contributed by atoms with Gasteiger partial charge in [0.1, 0.15) is 29.6 Å². The van der Waals surface area contributed by atoms with Crippen LogP contribution in [0.15, 0.2) is 36.7 Å². The van der Waals surface area contributed by atoms with Crippen molar-refractivity contribution in [3.8, 4) is 5.75 Å². The molecule has 3 heterocycles. The van der Waals surface area contributed by atoms with Gasteiger partial charge in [-0.3, -0.25) is 4.79 Å². The second kappa shape index (κ2) is 8.74. The number of fused-ring (bicyclic) bond motifs is 1. The zero-order valence-corrected chi connectivity index (χ0v) is 18.0. The Bertz CT molecular complexity index is 1130. The number of amides is 1. The predicted octanol–water partition coefficient (Wildman–Crippen LogP) is 3.13. The monoisotopic (exact) mass is 439 g/mol. The molecule has 9 heteroatoms. The number of carbonyl (C=O) groups is 1. The average Bonchev–Trinajstić information content (AvgIpc) is 3.31. The molecule has 0 bridgehead atoms. The summed E-state index contributed by atoms with van der Waals surface area (Å²) in [6.45, 7) is 1.62. The van der Waals surface area contributed by atoms with Crippen molar-refractivity contribution in [1.29, 1.82) is 0 Å². The van der Waals surface area contributed by atoms with Gasteiger partial charge in [-0.25, -0.2) is 13.9 Å². The molecule has 1 atom stereocenters. The third kappa shape index (κ3) is 4.12. The van der Waals surface area contributed by atoms with Crippen molar-refractivity contribution in [2.24, 2.45) is 0 Å². The Labute approximate surface area is 185 Å². The summed E-state index contributed by atoms with van der Waals surface area (Å²) in [6.07, 6.45) is 7.19. The van der Waals surface area contributed by atoms with Crippen LogP contribution in [0.2, 0.25) is 0 Å². The molecular formula is C23H26FN5O3. The Morgan fingerprint density at radius 3 is 2.94 bits per heavy atom. The van der Waals surface area contributed by atoms with Crippen molar-refractivity contribution in [3.63, 3.8) is 0 Å². The molecule has 1 saturated heterocycles. The van der Waals surface area contributed by atoms with Gasteiger partial charge in [0.2, 0.25) is 0 Å². The fourth-order valence-electron chi connectivity index (χ4n) is 4.18. The number of halogens is 1.